The minimum absolute atomic E-state index is 0.0196. The second-order valence-corrected chi connectivity index (χ2v) is 20.9. The van der Waals surface area contributed by atoms with Gasteiger partial charge in [0.05, 0.1) is 128 Å². The molecule has 2 aliphatic rings. The van der Waals surface area contributed by atoms with E-state index >= 15 is 0 Å². The summed E-state index contributed by atoms with van der Waals surface area (Å²) in [5.74, 6) is -0.886. The van der Waals surface area contributed by atoms with Crippen molar-refractivity contribution >= 4 is 43.3 Å². The van der Waals surface area contributed by atoms with Crippen LogP contribution in [0.15, 0.2) is 70.1 Å². The fraction of sp³-hybridized carbons (Fsp3) is 0.654. The van der Waals surface area contributed by atoms with Crippen molar-refractivity contribution < 1.29 is 92.5 Å². The average molecular weight is 1100 g/mol. The van der Waals surface area contributed by atoms with Gasteiger partial charge in [0.25, 0.3) is 0 Å². The van der Waals surface area contributed by atoms with Gasteiger partial charge in [-0.3, -0.25) is 4.79 Å². The topological polar surface area (TPSA) is 259 Å². The van der Waals surface area contributed by atoms with Gasteiger partial charge in [0.2, 0.25) is 5.69 Å². The number of unbranched alkanes of at least 4 members (excludes halogenated alkanes) is 2. The predicted molar refractivity (Wildman–Crippen MR) is 275 cm³/mol. The fourth-order valence-electron chi connectivity index (χ4n) is 8.88. The smallest absolute Gasteiger partial charge is 0.303 e. The number of fused-ring (bicyclic) bond motifs is 2. The van der Waals surface area contributed by atoms with Gasteiger partial charge in [-0.2, -0.15) is 4.58 Å². The molecule has 0 spiro atoms. The number of methoxy groups -OCH3 is 3. The summed E-state index contributed by atoms with van der Waals surface area (Å²) in [4.78, 5) is 12.7. The molecule has 2 atom stereocenters. The maximum Gasteiger partial charge on any atom is 0.303 e. The van der Waals surface area contributed by atoms with Gasteiger partial charge >= 0.3 is 5.97 Å². The second-order valence-electron chi connectivity index (χ2n) is 18.1. The van der Waals surface area contributed by atoms with Crippen LogP contribution in [-0.4, -0.2) is 207 Å². The standard InChI is InChI=1S/C52H80N2O19S2/c1-51(17-21-66-28-30-70-36-38-72-34-32-68-26-24-64-4)44-40-42(74(57,58)59)13-15-46(44)53(19-8-6-7-12-50(55)56)48(51)10-9-11-49-52(2,18-22-67-29-31-71-37-39-73-35-33-69-27-25-65-5)45-41-43(75(60,61)62)14-16-47(45)54(49)20-23-63-3/h9-11,13-16,40-41H,6-8,12,17-39H2,1-5H3,(H2-,55,56,57,58,59,60,61,62)/p-1. The Morgan fingerprint density at radius 2 is 1.03 bits per heavy atom. The van der Waals surface area contributed by atoms with Crippen LogP contribution in [0.4, 0.5) is 11.4 Å². The fourth-order valence-corrected chi connectivity index (χ4v) is 9.87. The molecular weight excluding hydrogens is 1020 g/mol. The Balaban J connectivity index is 1.62. The Kier molecular flexibility index (Phi) is 28.5. The van der Waals surface area contributed by atoms with Crippen LogP contribution in [0.25, 0.3) is 0 Å². The lowest BCUT2D eigenvalue weighted by Crippen LogP contribution is -2.33. The van der Waals surface area contributed by atoms with Crippen molar-refractivity contribution in [3.63, 3.8) is 0 Å². The zero-order chi connectivity index (χ0) is 54.6. The number of benzene rings is 2. The molecule has 0 radical (unpaired) electrons. The molecule has 2 unspecified atom stereocenters. The molecule has 0 aromatic heterocycles. The minimum atomic E-state index is -4.84. The van der Waals surface area contributed by atoms with E-state index < -0.39 is 37.0 Å². The van der Waals surface area contributed by atoms with Crippen molar-refractivity contribution in [2.75, 3.05) is 165 Å². The van der Waals surface area contributed by atoms with Gasteiger partial charge in [-0.1, -0.05) is 6.08 Å². The van der Waals surface area contributed by atoms with Crippen LogP contribution < -0.4 is 4.90 Å². The van der Waals surface area contributed by atoms with E-state index in [4.69, 9.17) is 52.1 Å². The molecule has 2 aromatic carbocycles. The van der Waals surface area contributed by atoms with Crippen molar-refractivity contribution in [2.24, 2.45) is 0 Å². The Morgan fingerprint density at radius 1 is 0.587 bits per heavy atom. The van der Waals surface area contributed by atoms with Crippen molar-refractivity contribution in [3.8, 4) is 0 Å². The number of carbonyl (C=O) groups is 1. The lowest BCUT2D eigenvalue weighted by atomic mass is 9.76. The summed E-state index contributed by atoms with van der Waals surface area (Å²) in [6.07, 6.45) is 8.22. The predicted octanol–water partition coefficient (Wildman–Crippen LogP) is 4.57. The number of allylic oxidation sites excluding steroid dienone is 4. The molecular formula is C52H79N2O19S2-. The molecule has 1 N–H and O–H groups in total. The number of nitrogens with zero attached hydrogens (tertiary/aromatic N) is 2. The SMILES string of the molecule is COCCOCCOCCOCCOCCC1(C)C(/C=C/C=C2/N(CCOC)c3ccc(S(=O)(=O)[O-])cc3C2(C)CCOCCOCCOCCOCCOC)=[N+](CCCCCC(=O)O)c2ccc(S(=O)(=O)[O-])cc21. The maximum absolute atomic E-state index is 12.5. The molecule has 23 heteroatoms. The lowest BCUT2D eigenvalue weighted by molar-refractivity contribution is -0.438. The summed E-state index contributed by atoms with van der Waals surface area (Å²) in [5.41, 5.74) is 2.40. The second kappa shape index (κ2) is 33.5. The summed E-state index contributed by atoms with van der Waals surface area (Å²) in [6.45, 7) is 12.0. The summed E-state index contributed by atoms with van der Waals surface area (Å²) < 4.78 is 138. The highest BCUT2D eigenvalue weighted by Gasteiger charge is 2.48. The van der Waals surface area contributed by atoms with Crippen molar-refractivity contribution in [1.29, 1.82) is 0 Å². The molecule has 2 aromatic rings. The van der Waals surface area contributed by atoms with Crippen molar-refractivity contribution in [2.45, 2.75) is 73.0 Å². The highest BCUT2D eigenvalue weighted by molar-refractivity contribution is 7.86. The van der Waals surface area contributed by atoms with Crippen molar-refractivity contribution in [1.82, 2.24) is 0 Å². The van der Waals surface area contributed by atoms with Crippen LogP contribution in [0.5, 0.6) is 0 Å². The molecule has 2 heterocycles. The van der Waals surface area contributed by atoms with E-state index in [0.717, 1.165) is 11.4 Å². The quantitative estimate of drug-likeness (QED) is 0.0542. The first-order valence-corrected chi connectivity index (χ1v) is 28.2. The number of aliphatic carboxylic acids is 1. The van der Waals surface area contributed by atoms with E-state index in [1.54, 1.807) is 33.5 Å². The van der Waals surface area contributed by atoms with Gasteiger partial charge in [0, 0.05) is 88.4 Å². The summed E-state index contributed by atoms with van der Waals surface area (Å²) in [7, 11) is -4.86. The van der Waals surface area contributed by atoms with Gasteiger partial charge in [0.1, 0.15) is 26.8 Å². The zero-order valence-electron chi connectivity index (χ0n) is 44.3. The van der Waals surface area contributed by atoms with Gasteiger partial charge in [-0.15, -0.1) is 0 Å². The first-order chi connectivity index (χ1) is 36.0. The molecule has 0 fully saturated rings. The number of hydrogen-bond acceptors (Lipinski definition) is 19. The van der Waals surface area contributed by atoms with Crippen LogP contribution in [0.2, 0.25) is 0 Å². The minimum Gasteiger partial charge on any atom is -0.744 e. The first-order valence-electron chi connectivity index (χ1n) is 25.4. The number of hydrogen-bond donors (Lipinski definition) is 1. The Labute approximate surface area is 443 Å². The van der Waals surface area contributed by atoms with E-state index in [1.165, 1.54) is 24.3 Å². The van der Waals surface area contributed by atoms with E-state index in [0.29, 0.717) is 167 Å². The third kappa shape index (κ3) is 20.5. The van der Waals surface area contributed by atoms with E-state index in [-0.39, 0.29) is 42.6 Å². The molecule has 0 aliphatic carbocycles. The number of ether oxygens (including phenoxy) is 11. The monoisotopic (exact) mass is 1100 g/mol. The van der Waals surface area contributed by atoms with Crippen LogP contribution >= 0.6 is 0 Å². The molecule has 0 saturated heterocycles. The molecule has 0 amide bonds. The highest BCUT2D eigenvalue weighted by Crippen LogP contribution is 2.51. The molecule has 4 rings (SSSR count). The summed E-state index contributed by atoms with van der Waals surface area (Å²) >= 11 is 0. The molecule has 0 bridgehead atoms. The third-order valence-electron chi connectivity index (χ3n) is 12.9. The van der Waals surface area contributed by atoms with Gasteiger partial charge < -0.3 is 71.2 Å². The molecule has 21 nitrogen and oxygen atoms in total. The van der Waals surface area contributed by atoms with Crippen LogP contribution in [0, 0.1) is 0 Å². The Morgan fingerprint density at radius 3 is 1.49 bits per heavy atom. The maximum atomic E-state index is 12.5. The number of carboxylic acid groups (broad SMARTS) is 1. The third-order valence-corrected chi connectivity index (χ3v) is 14.5. The molecule has 0 saturated carbocycles. The number of anilines is 1. The molecule has 424 valence electrons. The van der Waals surface area contributed by atoms with E-state index in [9.17, 15) is 35.8 Å². The van der Waals surface area contributed by atoms with Gasteiger partial charge in [0.15, 0.2) is 5.71 Å². The van der Waals surface area contributed by atoms with Crippen LogP contribution in [0.1, 0.15) is 63.5 Å². The summed E-state index contributed by atoms with van der Waals surface area (Å²) in [5, 5.41) is 9.31. The molecule has 75 heavy (non-hydrogen) atoms. The Hall–Kier alpha value is -3.76. The highest BCUT2D eigenvalue weighted by atomic mass is 32.2. The van der Waals surface area contributed by atoms with Gasteiger partial charge in [-0.05, 0) is 81.5 Å². The van der Waals surface area contributed by atoms with E-state index in [1.807, 2.05) is 37.0 Å². The largest absolute Gasteiger partial charge is 0.744 e. The zero-order valence-corrected chi connectivity index (χ0v) is 45.9. The summed E-state index contributed by atoms with van der Waals surface area (Å²) in [6, 6.07) is 8.74. The molecule has 2 aliphatic heterocycles. The Bertz CT molecular complexity index is 2360. The van der Waals surface area contributed by atoms with Crippen LogP contribution in [-0.2, 0) is 88.0 Å². The number of rotatable bonds is 43. The van der Waals surface area contributed by atoms with Crippen molar-refractivity contribution in [3.05, 3.63) is 71.5 Å². The number of carboxylic acids is 1. The average Bonchev–Trinajstić information content (AvgIpc) is 3.74. The van der Waals surface area contributed by atoms with Crippen LogP contribution in [0.3, 0.4) is 0 Å². The van der Waals surface area contributed by atoms with E-state index in [2.05, 4.69) is 4.58 Å². The first kappa shape index (κ1) is 63.8. The normalized spacial score (nSPS) is 18.3. The van der Waals surface area contributed by atoms with Gasteiger partial charge in [-0.25, -0.2) is 16.8 Å². The lowest BCUT2D eigenvalue weighted by Gasteiger charge is -2.30.